The molecule has 0 aromatic heterocycles. The molecule has 0 spiro atoms. The van der Waals surface area contributed by atoms with E-state index in [0.29, 0.717) is 17.9 Å². The minimum Gasteiger partial charge on any atom is -0.494 e. The Bertz CT molecular complexity index is 959. The largest absolute Gasteiger partial charge is 0.494 e. The Hall–Kier alpha value is -3.95. The molecule has 0 fully saturated rings. The zero-order valence-electron chi connectivity index (χ0n) is 17.4. The first-order valence-electron chi connectivity index (χ1n) is 9.61. The molecule has 31 heavy (non-hydrogen) atoms. The van der Waals surface area contributed by atoms with Gasteiger partial charge in [0.2, 0.25) is 0 Å². The second kappa shape index (κ2) is 10.7. The average molecular weight is 428 g/mol. The highest BCUT2D eigenvalue weighted by Gasteiger charge is 2.25. The fourth-order valence-electron chi connectivity index (χ4n) is 2.66. The summed E-state index contributed by atoms with van der Waals surface area (Å²) in [5, 5.41) is 13.5. The molecule has 164 valence electrons. The van der Waals surface area contributed by atoms with Crippen LogP contribution in [0.15, 0.2) is 48.5 Å². The van der Waals surface area contributed by atoms with Gasteiger partial charge in [-0.25, -0.2) is 0 Å². The van der Waals surface area contributed by atoms with Gasteiger partial charge >= 0.3 is 0 Å². The molecule has 0 aliphatic carbocycles. The van der Waals surface area contributed by atoms with Crippen molar-refractivity contribution in [3.05, 3.63) is 69.8 Å². The van der Waals surface area contributed by atoms with Crippen LogP contribution >= 0.6 is 0 Å². The monoisotopic (exact) mass is 428 g/mol. The van der Waals surface area contributed by atoms with E-state index >= 15 is 0 Å². The zero-order valence-corrected chi connectivity index (χ0v) is 17.4. The van der Waals surface area contributed by atoms with Gasteiger partial charge in [-0.05, 0) is 43.2 Å². The predicted octanol–water partition coefficient (Wildman–Crippen LogP) is 2.21. The normalized spacial score (nSPS) is 11.4. The van der Waals surface area contributed by atoms with Crippen LogP contribution in [0.5, 0.6) is 5.75 Å². The first kappa shape index (κ1) is 23.3. The Balaban J connectivity index is 2.00. The third kappa shape index (κ3) is 6.53. The SMILES string of the molecule is CCOc1ccc(C(=O)NC(C(=O)NNC(=O)c2cccc([N+](=O)[O-])c2)C(C)C)cc1. The van der Waals surface area contributed by atoms with E-state index in [1.807, 2.05) is 6.92 Å². The molecule has 0 saturated carbocycles. The van der Waals surface area contributed by atoms with Crippen molar-refractivity contribution in [3.8, 4) is 5.75 Å². The Labute approximate surface area is 179 Å². The van der Waals surface area contributed by atoms with Gasteiger partial charge < -0.3 is 10.1 Å². The van der Waals surface area contributed by atoms with Crippen LogP contribution in [-0.2, 0) is 4.79 Å². The smallest absolute Gasteiger partial charge is 0.270 e. The van der Waals surface area contributed by atoms with Gasteiger partial charge in [0, 0.05) is 23.3 Å². The number of non-ortho nitro benzene ring substituents is 1. The summed E-state index contributed by atoms with van der Waals surface area (Å²) in [5.74, 6) is -1.46. The van der Waals surface area contributed by atoms with Crippen molar-refractivity contribution in [1.29, 1.82) is 0 Å². The number of hydrogen-bond donors (Lipinski definition) is 3. The Morgan fingerprint density at radius 1 is 1.00 bits per heavy atom. The van der Waals surface area contributed by atoms with Gasteiger partial charge in [-0.2, -0.15) is 0 Å². The lowest BCUT2D eigenvalue weighted by molar-refractivity contribution is -0.384. The summed E-state index contributed by atoms with van der Waals surface area (Å²) < 4.78 is 5.34. The molecule has 0 aliphatic heterocycles. The van der Waals surface area contributed by atoms with Gasteiger partial charge in [-0.15, -0.1) is 0 Å². The molecule has 0 aliphatic rings. The number of hydrazine groups is 1. The van der Waals surface area contributed by atoms with E-state index in [4.69, 9.17) is 4.74 Å². The maximum Gasteiger partial charge on any atom is 0.270 e. The fraction of sp³-hybridized carbons (Fsp3) is 0.286. The number of nitro benzene ring substituents is 1. The molecular formula is C21H24N4O6. The summed E-state index contributed by atoms with van der Waals surface area (Å²) in [4.78, 5) is 47.5. The van der Waals surface area contributed by atoms with Crippen LogP contribution in [0.2, 0.25) is 0 Å². The summed E-state index contributed by atoms with van der Waals surface area (Å²) in [6, 6.07) is 10.6. The zero-order chi connectivity index (χ0) is 23.0. The van der Waals surface area contributed by atoms with Crippen LogP contribution in [0.4, 0.5) is 5.69 Å². The van der Waals surface area contributed by atoms with Gasteiger partial charge in [-0.3, -0.25) is 35.3 Å². The topological polar surface area (TPSA) is 140 Å². The van der Waals surface area contributed by atoms with Crippen LogP contribution < -0.4 is 20.9 Å². The summed E-state index contributed by atoms with van der Waals surface area (Å²) in [6.07, 6.45) is 0. The highest BCUT2D eigenvalue weighted by Crippen LogP contribution is 2.14. The van der Waals surface area contributed by atoms with Crippen LogP contribution in [0.3, 0.4) is 0 Å². The second-order valence-corrected chi connectivity index (χ2v) is 6.90. The molecule has 2 aromatic carbocycles. The van der Waals surface area contributed by atoms with Crippen molar-refractivity contribution >= 4 is 23.4 Å². The molecule has 2 aromatic rings. The van der Waals surface area contributed by atoms with Gasteiger partial charge in [0.25, 0.3) is 23.4 Å². The molecule has 3 N–H and O–H groups in total. The number of ether oxygens (including phenoxy) is 1. The molecule has 1 atom stereocenters. The third-order valence-corrected chi connectivity index (χ3v) is 4.28. The predicted molar refractivity (Wildman–Crippen MR) is 112 cm³/mol. The summed E-state index contributed by atoms with van der Waals surface area (Å²) in [7, 11) is 0. The number of hydrogen-bond acceptors (Lipinski definition) is 6. The van der Waals surface area contributed by atoms with Crippen LogP contribution in [-0.4, -0.2) is 35.3 Å². The van der Waals surface area contributed by atoms with E-state index in [1.54, 1.807) is 38.1 Å². The molecule has 0 radical (unpaired) electrons. The molecule has 0 saturated heterocycles. The lowest BCUT2D eigenvalue weighted by Gasteiger charge is -2.22. The van der Waals surface area contributed by atoms with Crippen molar-refractivity contribution in [2.45, 2.75) is 26.8 Å². The number of nitrogens with one attached hydrogen (secondary N) is 3. The molecule has 3 amide bonds. The van der Waals surface area contributed by atoms with Crippen LogP contribution in [0, 0.1) is 16.0 Å². The maximum atomic E-state index is 12.5. The Kier molecular flexibility index (Phi) is 8.07. The number of nitro groups is 1. The van der Waals surface area contributed by atoms with Crippen LogP contribution in [0.1, 0.15) is 41.5 Å². The number of benzene rings is 2. The highest BCUT2D eigenvalue weighted by atomic mass is 16.6. The molecule has 10 nitrogen and oxygen atoms in total. The van der Waals surface area contributed by atoms with E-state index < -0.39 is 28.7 Å². The van der Waals surface area contributed by atoms with E-state index in [-0.39, 0.29) is 17.2 Å². The van der Waals surface area contributed by atoms with E-state index in [9.17, 15) is 24.5 Å². The fourth-order valence-corrected chi connectivity index (χ4v) is 2.66. The number of carbonyl (C=O) groups excluding carboxylic acids is 3. The van der Waals surface area contributed by atoms with Crippen molar-refractivity contribution in [2.24, 2.45) is 5.92 Å². The van der Waals surface area contributed by atoms with E-state index in [1.165, 1.54) is 18.2 Å². The summed E-state index contributed by atoms with van der Waals surface area (Å²) in [5.41, 5.74) is 4.57. The lowest BCUT2D eigenvalue weighted by atomic mass is 10.0. The Morgan fingerprint density at radius 2 is 1.68 bits per heavy atom. The van der Waals surface area contributed by atoms with E-state index in [0.717, 1.165) is 6.07 Å². The average Bonchev–Trinajstić information content (AvgIpc) is 2.76. The first-order valence-corrected chi connectivity index (χ1v) is 9.61. The van der Waals surface area contributed by atoms with Gasteiger partial charge in [0.1, 0.15) is 11.8 Å². The summed E-state index contributed by atoms with van der Waals surface area (Å²) >= 11 is 0. The van der Waals surface area contributed by atoms with Gasteiger partial charge in [0.15, 0.2) is 0 Å². The minimum absolute atomic E-state index is 0.00835. The van der Waals surface area contributed by atoms with Crippen molar-refractivity contribution in [2.75, 3.05) is 6.61 Å². The highest BCUT2D eigenvalue weighted by molar-refractivity contribution is 5.99. The number of carbonyl (C=O) groups is 3. The quantitative estimate of drug-likeness (QED) is 0.435. The number of nitrogens with zero attached hydrogens (tertiary/aromatic N) is 1. The Morgan fingerprint density at radius 3 is 2.26 bits per heavy atom. The van der Waals surface area contributed by atoms with Crippen molar-refractivity contribution < 1.29 is 24.0 Å². The lowest BCUT2D eigenvalue weighted by Crippen LogP contribution is -2.54. The molecule has 0 bridgehead atoms. The van der Waals surface area contributed by atoms with Gasteiger partial charge in [0.05, 0.1) is 11.5 Å². The third-order valence-electron chi connectivity index (χ3n) is 4.28. The van der Waals surface area contributed by atoms with Crippen LogP contribution in [0.25, 0.3) is 0 Å². The number of amides is 3. The molecule has 10 heteroatoms. The van der Waals surface area contributed by atoms with Crippen molar-refractivity contribution in [3.63, 3.8) is 0 Å². The molecular weight excluding hydrogens is 404 g/mol. The number of rotatable bonds is 8. The summed E-state index contributed by atoms with van der Waals surface area (Å²) in [6.45, 7) is 5.84. The van der Waals surface area contributed by atoms with Gasteiger partial charge in [-0.1, -0.05) is 19.9 Å². The van der Waals surface area contributed by atoms with E-state index in [2.05, 4.69) is 16.2 Å². The standard InChI is InChI=1S/C21H24N4O6/c1-4-31-17-10-8-14(9-11-17)19(26)22-18(13(2)3)21(28)24-23-20(27)15-6-5-7-16(12-15)25(29)30/h5-13,18H,4H2,1-3H3,(H,22,26)(H,23,27)(H,24,28). The molecule has 0 heterocycles. The molecule has 1 unspecified atom stereocenters. The maximum absolute atomic E-state index is 12.5. The molecule has 2 rings (SSSR count). The first-order chi connectivity index (χ1) is 14.7. The minimum atomic E-state index is -0.926. The second-order valence-electron chi connectivity index (χ2n) is 6.90. The van der Waals surface area contributed by atoms with Crippen molar-refractivity contribution in [1.82, 2.24) is 16.2 Å².